The fourth-order valence-electron chi connectivity index (χ4n) is 2.30. The summed E-state index contributed by atoms with van der Waals surface area (Å²) in [5.41, 5.74) is 4.56. The molecular formula is C16H17NO2. The highest BCUT2D eigenvalue weighted by atomic mass is 16.6. The van der Waals surface area contributed by atoms with Crippen LogP contribution in [0.5, 0.6) is 0 Å². The fourth-order valence-corrected chi connectivity index (χ4v) is 2.30. The van der Waals surface area contributed by atoms with Gasteiger partial charge in [0.15, 0.2) is 0 Å². The third kappa shape index (κ3) is 2.81. The maximum absolute atomic E-state index is 10.8. The average molecular weight is 255 g/mol. The van der Waals surface area contributed by atoms with Crippen molar-refractivity contribution in [3.8, 4) is 11.1 Å². The van der Waals surface area contributed by atoms with Gasteiger partial charge in [-0.1, -0.05) is 44.2 Å². The van der Waals surface area contributed by atoms with E-state index in [2.05, 4.69) is 32.9 Å². The Labute approximate surface area is 113 Å². The molecule has 0 atom stereocenters. The van der Waals surface area contributed by atoms with Gasteiger partial charge in [-0.25, -0.2) is 0 Å². The number of nitrogens with zero attached hydrogens (tertiary/aromatic N) is 1. The lowest BCUT2D eigenvalue weighted by atomic mass is 9.94. The van der Waals surface area contributed by atoms with Gasteiger partial charge in [-0.15, -0.1) is 0 Å². The Kier molecular flexibility index (Phi) is 3.65. The first-order valence-corrected chi connectivity index (χ1v) is 6.34. The highest BCUT2D eigenvalue weighted by Gasteiger charge is 2.09. The summed E-state index contributed by atoms with van der Waals surface area (Å²) in [6.07, 6.45) is 0. The number of nitro groups is 1. The molecule has 0 N–H and O–H groups in total. The van der Waals surface area contributed by atoms with E-state index in [0.29, 0.717) is 5.92 Å². The molecule has 0 radical (unpaired) electrons. The first kappa shape index (κ1) is 13.3. The molecule has 2 rings (SSSR count). The second-order valence-electron chi connectivity index (χ2n) is 5.03. The van der Waals surface area contributed by atoms with Crippen LogP contribution in [-0.2, 0) is 0 Å². The SMILES string of the molecule is Cc1cc(-c2cccc([N+](=O)[O-])c2)ccc1C(C)C. The molecule has 0 saturated heterocycles. The number of aryl methyl sites for hydroxylation is 1. The molecule has 0 bridgehead atoms. The summed E-state index contributed by atoms with van der Waals surface area (Å²) >= 11 is 0. The van der Waals surface area contributed by atoms with E-state index in [9.17, 15) is 10.1 Å². The van der Waals surface area contributed by atoms with E-state index in [1.54, 1.807) is 12.1 Å². The summed E-state index contributed by atoms with van der Waals surface area (Å²) in [5, 5.41) is 10.8. The molecule has 0 saturated carbocycles. The first-order valence-electron chi connectivity index (χ1n) is 6.34. The standard InChI is InChI=1S/C16H17NO2/c1-11(2)16-8-7-14(9-12(16)3)13-5-4-6-15(10-13)17(18)19/h4-11H,1-3H3. The average Bonchev–Trinajstić information content (AvgIpc) is 2.38. The van der Waals surface area contributed by atoms with Crippen LogP contribution in [0.1, 0.15) is 30.9 Å². The molecule has 0 amide bonds. The van der Waals surface area contributed by atoms with Gasteiger partial charge in [-0.05, 0) is 35.1 Å². The molecule has 0 unspecified atom stereocenters. The van der Waals surface area contributed by atoms with Crippen molar-refractivity contribution in [2.75, 3.05) is 0 Å². The van der Waals surface area contributed by atoms with Crippen molar-refractivity contribution in [3.63, 3.8) is 0 Å². The Morgan fingerprint density at radius 1 is 1.05 bits per heavy atom. The van der Waals surface area contributed by atoms with Gasteiger partial charge >= 0.3 is 0 Å². The van der Waals surface area contributed by atoms with Crippen LogP contribution < -0.4 is 0 Å². The van der Waals surface area contributed by atoms with Gasteiger partial charge in [-0.2, -0.15) is 0 Å². The van der Waals surface area contributed by atoms with Gasteiger partial charge < -0.3 is 0 Å². The molecule has 3 nitrogen and oxygen atoms in total. The van der Waals surface area contributed by atoms with E-state index >= 15 is 0 Å². The minimum absolute atomic E-state index is 0.128. The highest BCUT2D eigenvalue weighted by molar-refractivity contribution is 5.67. The molecule has 0 aliphatic carbocycles. The minimum Gasteiger partial charge on any atom is -0.258 e. The second-order valence-corrected chi connectivity index (χ2v) is 5.03. The Hall–Kier alpha value is -2.16. The zero-order chi connectivity index (χ0) is 14.0. The monoisotopic (exact) mass is 255 g/mol. The van der Waals surface area contributed by atoms with Gasteiger partial charge in [0, 0.05) is 12.1 Å². The van der Waals surface area contributed by atoms with E-state index in [1.165, 1.54) is 17.2 Å². The molecule has 98 valence electrons. The molecule has 2 aromatic rings. The summed E-state index contributed by atoms with van der Waals surface area (Å²) in [6, 6.07) is 13.0. The van der Waals surface area contributed by atoms with Gasteiger partial charge in [0.1, 0.15) is 0 Å². The predicted octanol–water partition coefficient (Wildman–Crippen LogP) is 4.69. The van der Waals surface area contributed by atoms with Crippen LogP contribution in [0.4, 0.5) is 5.69 Å². The van der Waals surface area contributed by atoms with Crippen molar-refractivity contribution < 1.29 is 4.92 Å². The molecule has 0 aliphatic heterocycles. The van der Waals surface area contributed by atoms with Crippen LogP contribution in [0.15, 0.2) is 42.5 Å². The third-order valence-electron chi connectivity index (χ3n) is 3.28. The number of hydrogen-bond acceptors (Lipinski definition) is 2. The van der Waals surface area contributed by atoms with Gasteiger partial charge in [0.25, 0.3) is 5.69 Å². The number of benzene rings is 2. The molecule has 2 aromatic carbocycles. The maximum atomic E-state index is 10.8. The first-order chi connectivity index (χ1) is 8.99. The van der Waals surface area contributed by atoms with Crippen LogP contribution in [0.2, 0.25) is 0 Å². The molecule has 3 heteroatoms. The van der Waals surface area contributed by atoms with Crippen LogP contribution in [0, 0.1) is 17.0 Å². The predicted molar refractivity (Wildman–Crippen MR) is 77.4 cm³/mol. The van der Waals surface area contributed by atoms with Crippen LogP contribution in [-0.4, -0.2) is 4.92 Å². The molecule has 0 aliphatic rings. The Bertz CT molecular complexity index is 618. The van der Waals surface area contributed by atoms with Crippen molar-refractivity contribution in [1.29, 1.82) is 0 Å². The van der Waals surface area contributed by atoms with Gasteiger partial charge in [0.05, 0.1) is 4.92 Å². The Balaban J connectivity index is 2.45. The molecule has 0 spiro atoms. The number of rotatable bonds is 3. The molecule has 0 fully saturated rings. The van der Waals surface area contributed by atoms with E-state index < -0.39 is 0 Å². The highest BCUT2D eigenvalue weighted by Crippen LogP contribution is 2.28. The summed E-state index contributed by atoms with van der Waals surface area (Å²) in [7, 11) is 0. The Morgan fingerprint density at radius 3 is 2.32 bits per heavy atom. The van der Waals surface area contributed by atoms with Crippen molar-refractivity contribution >= 4 is 5.69 Å². The summed E-state index contributed by atoms with van der Waals surface area (Å²) in [4.78, 5) is 10.4. The second kappa shape index (κ2) is 5.22. The van der Waals surface area contributed by atoms with E-state index in [4.69, 9.17) is 0 Å². The normalized spacial score (nSPS) is 10.7. The zero-order valence-corrected chi connectivity index (χ0v) is 11.4. The van der Waals surface area contributed by atoms with Crippen molar-refractivity contribution in [1.82, 2.24) is 0 Å². The van der Waals surface area contributed by atoms with Crippen LogP contribution in [0.25, 0.3) is 11.1 Å². The molecule has 0 aromatic heterocycles. The topological polar surface area (TPSA) is 43.1 Å². The maximum Gasteiger partial charge on any atom is 0.270 e. The zero-order valence-electron chi connectivity index (χ0n) is 11.4. The summed E-state index contributed by atoms with van der Waals surface area (Å²) < 4.78 is 0. The van der Waals surface area contributed by atoms with Gasteiger partial charge in [0.2, 0.25) is 0 Å². The lowest BCUT2D eigenvalue weighted by Gasteiger charge is -2.11. The lowest BCUT2D eigenvalue weighted by Crippen LogP contribution is -1.93. The number of non-ortho nitro benzene ring substituents is 1. The Morgan fingerprint density at radius 2 is 1.74 bits per heavy atom. The quantitative estimate of drug-likeness (QED) is 0.589. The number of hydrogen-bond donors (Lipinski definition) is 0. The van der Waals surface area contributed by atoms with Gasteiger partial charge in [-0.3, -0.25) is 10.1 Å². The molecule has 19 heavy (non-hydrogen) atoms. The minimum atomic E-state index is -0.362. The largest absolute Gasteiger partial charge is 0.270 e. The molecular weight excluding hydrogens is 238 g/mol. The van der Waals surface area contributed by atoms with E-state index in [-0.39, 0.29) is 10.6 Å². The van der Waals surface area contributed by atoms with Crippen molar-refractivity contribution in [3.05, 3.63) is 63.7 Å². The van der Waals surface area contributed by atoms with Crippen molar-refractivity contribution in [2.24, 2.45) is 0 Å². The molecule has 0 heterocycles. The van der Waals surface area contributed by atoms with E-state index in [0.717, 1.165) is 11.1 Å². The van der Waals surface area contributed by atoms with Crippen LogP contribution >= 0.6 is 0 Å². The third-order valence-corrected chi connectivity index (χ3v) is 3.28. The lowest BCUT2D eigenvalue weighted by molar-refractivity contribution is -0.384. The smallest absolute Gasteiger partial charge is 0.258 e. The fraction of sp³-hybridized carbons (Fsp3) is 0.250. The van der Waals surface area contributed by atoms with Crippen molar-refractivity contribution in [2.45, 2.75) is 26.7 Å². The van der Waals surface area contributed by atoms with Crippen LogP contribution in [0.3, 0.4) is 0 Å². The number of nitro benzene ring substituents is 1. The van der Waals surface area contributed by atoms with E-state index in [1.807, 2.05) is 12.1 Å². The summed E-state index contributed by atoms with van der Waals surface area (Å²) in [5.74, 6) is 0.485. The summed E-state index contributed by atoms with van der Waals surface area (Å²) in [6.45, 7) is 6.40.